The van der Waals surface area contributed by atoms with E-state index in [-0.39, 0.29) is 53.1 Å². The van der Waals surface area contributed by atoms with Gasteiger partial charge in [-0.05, 0) is 95.8 Å². The lowest BCUT2D eigenvalue weighted by atomic mass is 9.86. The molecule has 2 unspecified atom stereocenters. The maximum Gasteiger partial charge on any atom is 0.410 e. The number of nitrogens with zero attached hydrogens (tertiary/aromatic N) is 5. The minimum absolute atomic E-state index is 0.0147. The monoisotopic (exact) mass is 613 g/mol. The normalized spacial score (nSPS) is 23.6. The van der Waals surface area contributed by atoms with Crippen LogP contribution in [-0.2, 0) is 4.74 Å². The summed E-state index contributed by atoms with van der Waals surface area (Å²) in [6.45, 7) is 7.07. The van der Waals surface area contributed by atoms with Gasteiger partial charge in [0.1, 0.15) is 29.2 Å². The van der Waals surface area contributed by atoms with Crippen LogP contribution in [0.4, 0.5) is 9.18 Å². The van der Waals surface area contributed by atoms with Crippen LogP contribution in [0.25, 0.3) is 32.9 Å². The third-order valence-corrected chi connectivity index (χ3v) is 9.60. The van der Waals surface area contributed by atoms with Gasteiger partial charge in [-0.3, -0.25) is 4.98 Å². The molecule has 5 heterocycles. The van der Waals surface area contributed by atoms with Crippen molar-refractivity contribution in [3.05, 3.63) is 54.1 Å². The van der Waals surface area contributed by atoms with Crippen LogP contribution >= 0.6 is 0 Å². The van der Waals surface area contributed by atoms with Crippen molar-refractivity contribution in [1.82, 2.24) is 24.8 Å². The number of amides is 1. The fourth-order valence-corrected chi connectivity index (χ4v) is 7.49. The number of hydrogen-bond donors (Lipinski definition) is 1. The Labute approximate surface area is 262 Å². The number of aromatic hydroxyl groups is 1. The molecule has 3 aliphatic rings. The van der Waals surface area contributed by atoms with Gasteiger partial charge in [0, 0.05) is 41.2 Å². The summed E-state index contributed by atoms with van der Waals surface area (Å²) in [6, 6.07) is 11.1. The number of likely N-dealkylation sites (tertiary alicyclic amines) is 1. The SMILES string of the molecule is CN1CCC[C@H]1COc1nc(C2CC3CCC(C2)N3C(=O)OC(C)(C)C)c2cnc(-c3cc(O)cc4ccccc34)c(F)c2n1. The van der Waals surface area contributed by atoms with Gasteiger partial charge in [-0.2, -0.15) is 9.97 Å². The summed E-state index contributed by atoms with van der Waals surface area (Å²) in [5, 5.41) is 12.6. The first-order chi connectivity index (χ1) is 21.6. The van der Waals surface area contributed by atoms with Crippen LogP contribution in [-0.4, -0.2) is 79.9 Å². The first-order valence-corrected chi connectivity index (χ1v) is 16.0. The Kier molecular flexibility index (Phi) is 7.50. The molecule has 7 rings (SSSR count). The maximum atomic E-state index is 16.7. The average Bonchev–Trinajstić information content (AvgIpc) is 3.53. The van der Waals surface area contributed by atoms with Gasteiger partial charge in [0.05, 0.1) is 5.69 Å². The van der Waals surface area contributed by atoms with Crippen LogP contribution in [0.15, 0.2) is 42.6 Å². The maximum absolute atomic E-state index is 16.7. The van der Waals surface area contributed by atoms with Gasteiger partial charge in [-0.15, -0.1) is 0 Å². The van der Waals surface area contributed by atoms with Crippen molar-refractivity contribution >= 4 is 27.8 Å². The number of pyridine rings is 1. The predicted octanol–water partition coefficient (Wildman–Crippen LogP) is 6.81. The first-order valence-electron chi connectivity index (χ1n) is 16.0. The van der Waals surface area contributed by atoms with Crippen LogP contribution in [0.1, 0.15) is 70.9 Å². The Morgan fingerprint density at radius 1 is 1.07 bits per heavy atom. The Hall–Kier alpha value is -4.05. The van der Waals surface area contributed by atoms with Crippen molar-refractivity contribution < 1.29 is 23.8 Å². The van der Waals surface area contributed by atoms with Crippen molar-refractivity contribution in [2.24, 2.45) is 0 Å². The molecule has 0 spiro atoms. The summed E-state index contributed by atoms with van der Waals surface area (Å²) in [5.41, 5.74) is 0.880. The molecule has 4 aromatic rings. The van der Waals surface area contributed by atoms with Crippen LogP contribution in [0.5, 0.6) is 11.8 Å². The second-order valence-electron chi connectivity index (χ2n) is 13.8. The number of ether oxygens (including phenoxy) is 2. The second kappa shape index (κ2) is 11.4. The smallest absolute Gasteiger partial charge is 0.410 e. The highest BCUT2D eigenvalue weighted by Crippen LogP contribution is 2.45. The van der Waals surface area contributed by atoms with Crippen LogP contribution in [0.3, 0.4) is 0 Å². The zero-order valence-electron chi connectivity index (χ0n) is 26.3. The summed E-state index contributed by atoms with van der Waals surface area (Å²) >= 11 is 0. The number of benzene rings is 2. The van der Waals surface area contributed by atoms with E-state index in [4.69, 9.17) is 14.5 Å². The fourth-order valence-electron chi connectivity index (χ4n) is 7.49. The number of likely N-dealkylation sites (N-methyl/N-ethyl adjacent to an activating group) is 1. The molecule has 3 aliphatic heterocycles. The van der Waals surface area contributed by atoms with E-state index in [9.17, 15) is 9.90 Å². The molecular weight excluding hydrogens is 573 g/mol. The number of phenolic OH excluding ortho intramolecular Hbond substituents is 1. The molecule has 2 aromatic heterocycles. The second-order valence-corrected chi connectivity index (χ2v) is 13.8. The topological polar surface area (TPSA) is 101 Å². The minimum Gasteiger partial charge on any atom is -0.508 e. The summed E-state index contributed by atoms with van der Waals surface area (Å²) in [7, 11) is 2.08. The van der Waals surface area contributed by atoms with E-state index in [0.29, 0.717) is 36.1 Å². The number of fused-ring (bicyclic) bond motifs is 4. The molecule has 9 nitrogen and oxygen atoms in total. The fraction of sp³-hybridized carbons (Fsp3) is 0.486. The third-order valence-electron chi connectivity index (χ3n) is 9.60. The highest BCUT2D eigenvalue weighted by molar-refractivity contribution is 5.98. The van der Waals surface area contributed by atoms with E-state index in [2.05, 4.69) is 21.9 Å². The van der Waals surface area contributed by atoms with E-state index in [1.165, 1.54) is 0 Å². The molecule has 2 aromatic carbocycles. The van der Waals surface area contributed by atoms with Gasteiger partial charge in [0.25, 0.3) is 0 Å². The summed E-state index contributed by atoms with van der Waals surface area (Å²) in [4.78, 5) is 31.5. The van der Waals surface area contributed by atoms with Crippen molar-refractivity contribution in [2.75, 3.05) is 20.2 Å². The molecule has 0 saturated carbocycles. The van der Waals surface area contributed by atoms with Gasteiger partial charge >= 0.3 is 12.1 Å². The lowest BCUT2D eigenvalue weighted by Gasteiger charge is -2.39. The van der Waals surface area contributed by atoms with Crippen molar-refractivity contribution in [1.29, 1.82) is 0 Å². The summed E-state index contributed by atoms with van der Waals surface area (Å²) in [6.07, 6.45) is 6.66. The van der Waals surface area contributed by atoms with Crippen LogP contribution < -0.4 is 4.74 Å². The minimum atomic E-state index is -0.580. The number of piperidine rings is 1. The molecule has 3 fully saturated rings. The van der Waals surface area contributed by atoms with E-state index in [1.54, 1.807) is 18.3 Å². The van der Waals surface area contributed by atoms with Crippen molar-refractivity contribution in [3.63, 3.8) is 0 Å². The zero-order valence-corrected chi connectivity index (χ0v) is 26.3. The van der Waals surface area contributed by atoms with E-state index in [1.807, 2.05) is 49.9 Å². The lowest BCUT2D eigenvalue weighted by Crippen LogP contribution is -2.48. The molecular formula is C35H40FN5O4. The molecule has 2 bridgehead atoms. The Balaban J connectivity index is 1.29. The molecule has 1 amide bonds. The molecule has 3 saturated heterocycles. The Morgan fingerprint density at radius 3 is 2.53 bits per heavy atom. The number of aromatic nitrogens is 3. The van der Waals surface area contributed by atoms with Gasteiger partial charge in [-0.25, -0.2) is 9.18 Å². The first kappa shape index (κ1) is 29.6. The number of phenols is 1. The molecule has 3 atom stereocenters. The molecule has 236 valence electrons. The number of carbonyl (C=O) groups is 1. The predicted molar refractivity (Wildman–Crippen MR) is 170 cm³/mol. The van der Waals surface area contributed by atoms with E-state index < -0.39 is 11.4 Å². The molecule has 0 aliphatic carbocycles. The Morgan fingerprint density at radius 2 is 1.82 bits per heavy atom. The highest BCUT2D eigenvalue weighted by Gasteiger charge is 2.46. The molecule has 0 radical (unpaired) electrons. The molecule has 45 heavy (non-hydrogen) atoms. The highest BCUT2D eigenvalue weighted by atomic mass is 19.1. The summed E-state index contributed by atoms with van der Waals surface area (Å²) in [5.74, 6) is -0.578. The molecule has 1 N–H and O–H groups in total. The van der Waals surface area contributed by atoms with Gasteiger partial charge in [-0.1, -0.05) is 24.3 Å². The van der Waals surface area contributed by atoms with Crippen LogP contribution in [0.2, 0.25) is 0 Å². The number of rotatable bonds is 5. The quantitative estimate of drug-likeness (QED) is 0.262. The van der Waals surface area contributed by atoms with E-state index >= 15 is 4.39 Å². The van der Waals surface area contributed by atoms with Gasteiger partial charge in [0.2, 0.25) is 0 Å². The number of hydrogen-bond acceptors (Lipinski definition) is 8. The third kappa shape index (κ3) is 5.65. The Bertz CT molecular complexity index is 1760. The average molecular weight is 614 g/mol. The van der Waals surface area contributed by atoms with Crippen molar-refractivity contribution in [2.45, 2.75) is 88.9 Å². The van der Waals surface area contributed by atoms with E-state index in [0.717, 1.165) is 43.0 Å². The lowest BCUT2D eigenvalue weighted by molar-refractivity contribution is 0.00571. The standard InChI is InChI=1S/C35H40FN5O4/c1-35(2,3)45-34(43)41-22-11-12-23(41)15-21(14-22)30-28-18-37-31(27-17-25(42)16-20-8-5-6-10-26(20)27)29(36)32(28)39-33(38-30)44-19-24-9-7-13-40(24)4/h5-6,8,10,16-18,21-24,42H,7,9,11-15,19H2,1-4H3/t21?,22?,23?,24-/m0/s1. The van der Waals surface area contributed by atoms with Crippen molar-refractivity contribution in [3.8, 4) is 23.0 Å². The van der Waals surface area contributed by atoms with Gasteiger partial charge < -0.3 is 24.4 Å². The van der Waals surface area contributed by atoms with Gasteiger partial charge in [0.15, 0.2) is 5.82 Å². The van der Waals surface area contributed by atoms with Crippen LogP contribution in [0, 0.1) is 5.82 Å². The summed E-state index contributed by atoms with van der Waals surface area (Å²) < 4.78 is 28.6. The zero-order chi connectivity index (χ0) is 31.5. The number of halogens is 1. The largest absolute Gasteiger partial charge is 0.508 e. The number of carbonyl (C=O) groups excluding carboxylic acids is 1. The molecule has 10 heteroatoms.